The van der Waals surface area contributed by atoms with Crippen molar-refractivity contribution < 1.29 is 18.3 Å². The Kier molecular flexibility index (Phi) is 4.57. The molecule has 1 aromatic carbocycles. The second-order valence-electron chi connectivity index (χ2n) is 4.58. The molecule has 1 aliphatic carbocycles. The maximum atomic E-state index is 11.9. The summed E-state index contributed by atoms with van der Waals surface area (Å²) in [4.78, 5) is 0. The molecule has 19 heavy (non-hydrogen) atoms. The van der Waals surface area contributed by atoms with Crippen molar-refractivity contribution in [3.63, 3.8) is 0 Å². The van der Waals surface area contributed by atoms with E-state index in [0.717, 1.165) is 11.1 Å². The zero-order valence-electron chi connectivity index (χ0n) is 10.9. The SMILES string of the molecule is CCOCCS(=O)(=O)N[C@H]1c2ccccc2C[C@H]1O. The highest BCUT2D eigenvalue weighted by molar-refractivity contribution is 7.89. The average molecular weight is 285 g/mol. The first-order valence-corrected chi connectivity index (χ1v) is 8.02. The summed E-state index contributed by atoms with van der Waals surface area (Å²) in [5.74, 6) is -0.0910. The van der Waals surface area contributed by atoms with E-state index in [1.54, 1.807) is 0 Å². The standard InChI is InChI=1S/C13H19NO4S/c1-2-18-7-8-19(16,17)14-13-11-6-4-3-5-10(11)9-12(13)15/h3-6,12-15H,2,7-9H2,1H3/t12-,13+/m1/s1. The number of sulfonamides is 1. The first-order valence-electron chi connectivity index (χ1n) is 6.37. The molecule has 0 spiro atoms. The van der Waals surface area contributed by atoms with Gasteiger partial charge in [-0.15, -0.1) is 0 Å². The minimum Gasteiger partial charge on any atom is -0.391 e. The molecular weight excluding hydrogens is 266 g/mol. The summed E-state index contributed by atoms with van der Waals surface area (Å²) in [7, 11) is -3.45. The van der Waals surface area contributed by atoms with Crippen molar-refractivity contribution in [3.8, 4) is 0 Å². The smallest absolute Gasteiger partial charge is 0.214 e. The quantitative estimate of drug-likeness (QED) is 0.751. The topological polar surface area (TPSA) is 75.6 Å². The Hall–Kier alpha value is -0.950. The van der Waals surface area contributed by atoms with Crippen molar-refractivity contribution in [2.45, 2.75) is 25.5 Å². The fourth-order valence-electron chi connectivity index (χ4n) is 2.28. The van der Waals surface area contributed by atoms with Gasteiger partial charge in [-0.2, -0.15) is 0 Å². The van der Waals surface area contributed by atoms with Gasteiger partial charge in [0.25, 0.3) is 0 Å². The third-order valence-corrected chi connectivity index (χ3v) is 4.53. The molecular formula is C13H19NO4S. The molecule has 0 aliphatic heterocycles. The number of aliphatic hydroxyl groups is 1. The third-order valence-electron chi connectivity index (χ3n) is 3.21. The van der Waals surface area contributed by atoms with Gasteiger partial charge in [-0.25, -0.2) is 13.1 Å². The Balaban J connectivity index is 2.07. The number of rotatable bonds is 6. The van der Waals surface area contributed by atoms with E-state index >= 15 is 0 Å². The molecule has 6 heteroatoms. The summed E-state index contributed by atoms with van der Waals surface area (Å²) in [6.45, 7) is 2.47. The molecule has 2 N–H and O–H groups in total. The van der Waals surface area contributed by atoms with E-state index in [-0.39, 0.29) is 12.4 Å². The summed E-state index contributed by atoms with van der Waals surface area (Å²) in [6.07, 6.45) is -0.228. The largest absolute Gasteiger partial charge is 0.391 e. The van der Waals surface area contributed by atoms with Crippen molar-refractivity contribution in [1.29, 1.82) is 0 Å². The molecule has 2 atom stereocenters. The molecule has 0 amide bonds. The summed E-state index contributed by atoms with van der Waals surface area (Å²) >= 11 is 0. The second-order valence-corrected chi connectivity index (χ2v) is 6.46. The van der Waals surface area contributed by atoms with Crippen LogP contribution in [0.3, 0.4) is 0 Å². The summed E-state index contributed by atoms with van der Waals surface area (Å²) in [5, 5.41) is 9.99. The first kappa shape index (κ1) is 14.5. The van der Waals surface area contributed by atoms with Crippen molar-refractivity contribution in [2.75, 3.05) is 19.0 Å². The molecule has 1 aliphatic rings. The van der Waals surface area contributed by atoms with Crippen LogP contribution < -0.4 is 4.72 Å². The molecule has 0 fully saturated rings. The molecule has 0 heterocycles. The normalized spacial score (nSPS) is 22.4. The van der Waals surface area contributed by atoms with E-state index in [4.69, 9.17) is 4.74 Å². The fraction of sp³-hybridized carbons (Fsp3) is 0.538. The predicted molar refractivity (Wildman–Crippen MR) is 72.3 cm³/mol. The van der Waals surface area contributed by atoms with Crippen molar-refractivity contribution in [2.24, 2.45) is 0 Å². The Morgan fingerprint density at radius 3 is 2.89 bits per heavy atom. The second kappa shape index (κ2) is 6.00. The summed E-state index contributed by atoms with van der Waals surface area (Å²) in [5.41, 5.74) is 1.85. The molecule has 0 saturated heterocycles. The Morgan fingerprint density at radius 2 is 2.16 bits per heavy atom. The number of hydrogen-bond acceptors (Lipinski definition) is 4. The Labute approximate surface area is 113 Å². The van der Waals surface area contributed by atoms with Crippen LogP contribution in [0.1, 0.15) is 24.1 Å². The van der Waals surface area contributed by atoms with E-state index < -0.39 is 22.2 Å². The number of ether oxygens (including phenoxy) is 1. The number of benzene rings is 1. The first-order chi connectivity index (χ1) is 9.03. The van der Waals surface area contributed by atoms with Crippen molar-refractivity contribution >= 4 is 10.0 Å². The van der Waals surface area contributed by atoms with Crippen LogP contribution in [0, 0.1) is 0 Å². The fourth-order valence-corrected chi connectivity index (χ4v) is 3.41. The monoisotopic (exact) mass is 285 g/mol. The van der Waals surface area contributed by atoms with Crippen LogP contribution in [-0.4, -0.2) is 38.6 Å². The minimum atomic E-state index is -3.45. The van der Waals surface area contributed by atoms with Gasteiger partial charge in [0.15, 0.2) is 0 Å². The van der Waals surface area contributed by atoms with E-state index in [1.165, 1.54) is 0 Å². The van der Waals surface area contributed by atoms with Crippen LogP contribution in [0.2, 0.25) is 0 Å². The van der Waals surface area contributed by atoms with E-state index in [0.29, 0.717) is 13.0 Å². The molecule has 0 saturated carbocycles. The lowest BCUT2D eigenvalue weighted by Crippen LogP contribution is -2.36. The van der Waals surface area contributed by atoms with Crippen molar-refractivity contribution in [3.05, 3.63) is 35.4 Å². The molecule has 0 unspecified atom stereocenters. The molecule has 0 aromatic heterocycles. The lowest BCUT2D eigenvalue weighted by atomic mass is 10.1. The van der Waals surface area contributed by atoms with Crippen LogP contribution in [-0.2, 0) is 21.2 Å². The highest BCUT2D eigenvalue weighted by Crippen LogP contribution is 2.31. The maximum Gasteiger partial charge on any atom is 0.214 e. The zero-order chi connectivity index (χ0) is 13.9. The van der Waals surface area contributed by atoms with E-state index in [2.05, 4.69) is 4.72 Å². The van der Waals surface area contributed by atoms with Crippen molar-refractivity contribution in [1.82, 2.24) is 4.72 Å². The predicted octanol–water partition coefficient (Wildman–Crippen LogP) is 0.601. The molecule has 5 nitrogen and oxygen atoms in total. The Bertz CT molecular complexity index is 529. The maximum absolute atomic E-state index is 11.9. The number of nitrogens with one attached hydrogen (secondary N) is 1. The van der Waals surface area contributed by atoms with Gasteiger partial charge in [0.05, 0.1) is 24.5 Å². The van der Waals surface area contributed by atoms with Crippen LogP contribution in [0.25, 0.3) is 0 Å². The number of aliphatic hydroxyl groups excluding tert-OH is 1. The third kappa shape index (κ3) is 3.54. The van der Waals surface area contributed by atoms with E-state index in [1.807, 2.05) is 31.2 Å². The Morgan fingerprint density at radius 1 is 1.42 bits per heavy atom. The number of fused-ring (bicyclic) bond motifs is 1. The molecule has 2 rings (SSSR count). The molecule has 106 valence electrons. The lowest BCUT2D eigenvalue weighted by molar-refractivity contribution is 0.150. The summed E-state index contributed by atoms with van der Waals surface area (Å²) in [6, 6.07) is 6.94. The minimum absolute atomic E-state index is 0.0910. The van der Waals surface area contributed by atoms with Crippen LogP contribution in [0.5, 0.6) is 0 Å². The van der Waals surface area contributed by atoms with Gasteiger partial charge in [-0.1, -0.05) is 24.3 Å². The van der Waals surface area contributed by atoms with Crippen LogP contribution in [0.4, 0.5) is 0 Å². The van der Waals surface area contributed by atoms with Gasteiger partial charge in [-0.05, 0) is 18.1 Å². The molecule has 0 radical (unpaired) electrons. The lowest BCUT2D eigenvalue weighted by Gasteiger charge is -2.18. The van der Waals surface area contributed by atoms with Gasteiger partial charge in [0.2, 0.25) is 10.0 Å². The van der Waals surface area contributed by atoms with Gasteiger partial charge in [0.1, 0.15) is 0 Å². The van der Waals surface area contributed by atoms with Gasteiger partial charge < -0.3 is 9.84 Å². The van der Waals surface area contributed by atoms with Gasteiger partial charge in [-0.3, -0.25) is 0 Å². The summed E-state index contributed by atoms with van der Waals surface area (Å²) < 4.78 is 31.4. The zero-order valence-corrected chi connectivity index (χ0v) is 11.7. The highest BCUT2D eigenvalue weighted by atomic mass is 32.2. The molecule has 1 aromatic rings. The average Bonchev–Trinajstić information content (AvgIpc) is 2.66. The van der Waals surface area contributed by atoms with Crippen LogP contribution in [0.15, 0.2) is 24.3 Å². The van der Waals surface area contributed by atoms with Crippen LogP contribution >= 0.6 is 0 Å². The van der Waals surface area contributed by atoms with E-state index in [9.17, 15) is 13.5 Å². The number of hydrogen-bond donors (Lipinski definition) is 2. The molecule has 0 bridgehead atoms. The highest BCUT2D eigenvalue weighted by Gasteiger charge is 2.33. The van der Waals surface area contributed by atoms with Gasteiger partial charge in [0, 0.05) is 13.0 Å². The van der Waals surface area contributed by atoms with Gasteiger partial charge >= 0.3 is 0 Å².